The average molecular weight is 554 g/mol. The summed E-state index contributed by atoms with van der Waals surface area (Å²) in [5, 5.41) is 0. The molecule has 0 aliphatic heterocycles. The van der Waals surface area contributed by atoms with E-state index in [1.54, 1.807) is 36.1 Å². The van der Waals surface area contributed by atoms with E-state index in [9.17, 15) is 4.79 Å². The van der Waals surface area contributed by atoms with Gasteiger partial charge < -0.3 is 4.74 Å². The van der Waals surface area contributed by atoms with Gasteiger partial charge >= 0.3 is 11.4 Å². The Morgan fingerprint density at radius 3 is 2.42 bits per heavy atom. The lowest BCUT2D eigenvalue weighted by atomic mass is 10.0. The molecule has 3 heterocycles. The molecule has 0 aliphatic rings. The molecule has 3 aromatic rings. The minimum absolute atomic E-state index is 0.225. The Kier molecular flexibility index (Phi) is 14.0. The van der Waals surface area contributed by atoms with Gasteiger partial charge in [0, 0.05) is 18.0 Å². The second kappa shape index (κ2) is 16.3. The Balaban J connectivity index is 0.00000172. The summed E-state index contributed by atoms with van der Waals surface area (Å²) in [6.45, 7) is 23.7. The second-order valence-corrected chi connectivity index (χ2v) is 8.89. The minimum atomic E-state index is -0.225. The van der Waals surface area contributed by atoms with Crippen molar-refractivity contribution < 1.29 is 9.30 Å². The van der Waals surface area contributed by atoms with Crippen molar-refractivity contribution in [3.63, 3.8) is 0 Å². The van der Waals surface area contributed by atoms with Gasteiger partial charge in [-0.2, -0.15) is 8.97 Å². The number of hydrogen-bond donors (Lipinski definition) is 0. The van der Waals surface area contributed by atoms with Gasteiger partial charge in [0.25, 0.3) is 5.65 Å². The van der Waals surface area contributed by atoms with Crippen LogP contribution in [-0.2, 0) is 6.54 Å². The molecule has 202 valence electrons. The molecule has 3 rings (SSSR count). The highest BCUT2D eigenvalue weighted by molar-refractivity contribution is 7.15. The Bertz CT molecular complexity index is 1430. The summed E-state index contributed by atoms with van der Waals surface area (Å²) in [5.41, 5.74) is 3.76. The van der Waals surface area contributed by atoms with Gasteiger partial charge in [0.05, 0.1) is 23.9 Å². The molecule has 0 aliphatic carbocycles. The fourth-order valence-electron chi connectivity index (χ4n) is 3.73. The molecule has 3 aromatic heterocycles. The molecule has 0 spiro atoms. The molecule has 0 saturated carbocycles. The fourth-order valence-corrected chi connectivity index (χ4v) is 4.69. The normalized spacial score (nSPS) is 11.6. The van der Waals surface area contributed by atoms with Crippen LogP contribution in [-0.4, -0.2) is 22.2 Å². The molecular formula is C30H38ClN4O2S+. The average Bonchev–Trinajstić information content (AvgIpc) is 3.36. The minimum Gasteiger partial charge on any atom is -0.465 e. The number of pyridine rings is 1. The van der Waals surface area contributed by atoms with Crippen molar-refractivity contribution in [1.82, 2.24) is 9.38 Å². The van der Waals surface area contributed by atoms with Crippen LogP contribution in [0.2, 0.25) is 4.47 Å². The first kappa shape index (κ1) is 32.5. The maximum absolute atomic E-state index is 13.8. The summed E-state index contributed by atoms with van der Waals surface area (Å²) in [4.78, 5) is 23.1. The first-order valence-corrected chi connectivity index (χ1v) is 13.6. The van der Waals surface area contributed by atoms with Crippen molar-refractivity contribution in [2.24, 2.45) is 4.99 Å². The summed E-state index contributed by atoms with van der Waals surface area (Å²) in [5.74, 6) is 0.409. The molecule has 8 heteroatoms. The van der Waals surface area contributed by atoms with Crippen molar-refractivity contribution in [2.45, 2.75) is 48.1 Å². The zero-order valence-electron chi connectivity index (χ0n) is 23.4. The molecule has 0 N–H and O–H groups in total. The fraction of sp³-hybridized carbons (Fsp3) is 0.267. The van der Waals surface area contributed by atoms with Crippen molar-refractivity contribution in [3.8, 4) is 5.88 Å². The van der Waals surface area contributed by atoms with Crippen LogP contribution in [0, 0.1) is 6.92 Å². The van der Waals surface area contributed by atoms with Crippen LogP contribution in [0.25, 0.3) is 11.2 Å². The quantitative estimate of drug-likeness (QED) is 0.157. The molecule has 38 heavy (non-hydrogen) atoms. The summed E-state index contributed by atoms with van der Waals surface area (Å²) in [7, 11) is 1.55. The van der Waals surface area contributed by atoms with Gasteiger partial charge in [0.15, 0.2) is 10.0 Å². The van der Waals surface area contributed by atoms with E-state index in [0.717, 1.165) is 16.0 Å². The number of aliphatic imine (C=N–C) groups is 1. The smallest absolute Gasteiger partial charge is 0.354 e. The largest absolute Gasteiger partial charge is 0.465 e. The van der Waals surface area contributed by atoms with Crippen LogP contribution in [0.1, 0.15) is 50.6 Å². The van der Waals surface area contributed by atoms with Gasteiger partial charge in [-0.15, -0.1) is 11.3 Å². The Hall–Kier alpha value is -3.55. The summed E-state index contributed by atoms with van der Waals surface area (Å²) in [6, 6.07) is 3.80. The van der Waals surface area contributed by atoms with E-state index in [-0.39, 0.29) is 5.56 Å². The number of halogens is 1. The molecule has 0 atom stereocenters. The maximum Gasteiger partial charge on any atom is 0.354 e. The van der Waals surface area contributed by atoms with Crippen LogP contribution in [0.5, 0.6) is 5.88 Å². The lowest BCUT2D eigenvalue weighted by molar-refractivity contribution is -0.671. The van der Waals surface area contributed by atoms with E-state index in [0.29, 0.717) is 39.4 Å². The monoisotopic (exact) mass is 553 g/mol. The van der Waals surface area contributed by atoms with E-state index in [4.69, 9.17) is 16.3 Å². The molecule has 0 bridgehead atoms. The second-order valence-electron chi connectivity index (χ2n) is 7.19. The third-order valence-corrected chi connectivity index (χ3v) is 6.29. The molecule has 0 aromatic carbocycles. The number of aryl methyl sites for hydroxylation is 1. The third-order valence-electron chi connectivity index (χ3n) is 5.19. The van der Waals surface area contributed by atoms with Crippen molar-refractivity contribution in [1.29, 1.82) is 0 Å². The zero-order chi connectivity index (χ0) is 28.8. The summed E-state index contributed by atoms with van der Waals surface area (Å²) >= 11 is 7.46. The molecule has 0 saturated heterocycles. The highest BCUT2D eigenvalue weighted by Crippen LogP contribution is 2.25. The van der Waals surface area contributed by atoms with Gasteiger partial charge in [-0.3, -0.25) is 4.99 Å². The standard InChI is InChI=1S/C26H26ClN4O2S.2C2H6/c1-7-18(21(9-3)28-10-4)14-19(8-2)22-24(32)30-13-11-12-17(5)23(30)31(25(22)33-6)16-20-15-29-26(27)34-20;2*1-2/h7-15H,2-4,16H2,1,5-6H3;2*1-2H3/q+1;;/b18-7+,19-14+,28-21?;;. The van der Waals surface area contributed by atoms with Gasteiger partial charge in [-0.05, 0) is 49.3 Å². The van der Waals surface area contributed by atoms with Gasteiger partial charge in [-0.25, -0.2) is 9.78 Å². The number of nitrogens with zero attached hydrogens (tertiary/aromatic N) is 4. The molecule has 0 amide bonds. The van der Waals surface area contributed by atoms with Crippen molar-refractivity contribution >= 4 is 39.9 Å². The number of thiazole rings is 1. The first-order chi connectivity index (χ1) is 18.4. The predicted molar refractivity (Wildman–Crippen MR) is 164 cm³/mol. The number of rotatable bonds is 9. The number of aromatic nitrogens is 3. The van der Waals surface area contributed by atoms with Crippen molar-refractivity contribution in [3.05, 3.63) is 111 Å². The SMILES string of the molecule is C=CN=C(C=C)C(=C/C)/C=C(\C=C)c1c(OC)[n+](Cc2cnc(Cl)s2)c2c(C)cccn2c1=O.CC.CC. The number of hydrogen-bond acceptors (Lipinski definition) is 5. The number of fused-ring (bicyclic) bond motifs is 1. The highest BCUT2D eigenvalue weighted by atomic mass is 35.5. The summed E-state index contributed by atoms with van der Waals surface area (Å²) in [6.07, 6.45) is 11.9. The topological polar surface area (TPSA) is 59.8 Å². The van der Waals surface area contributed by atoms with Crippen LogP contribution in [0.15, 0.2) is 90.1 Å². The highest BCUT2D eigenvalue weighted by Gasteiger charge is 2.28. The lowest BCUT2D eigenvalue weighted by Crippen LogP contribution is -2.43. The van der Waals surface area contributed by atoms with E-state index in [2.05, 4.69) is 29.7 Å². The van der Waals surface area contributed by atoms with Gasteiger partial charge in [0.1, 0.15) is 6.54 Å². The lowest BCUT2D eigenvalue weighted by Gasteiger charge is -2.14. The molecule has 6 nitrogen and oxygen atoms in total. The van der Waals surface area contributed by atoms with E-state index in [1.807, 2.05) is 70.4 Å². The number of methoxy groups -OCH3 is 1. The molecular weight excluding hydrogens is 516 g/mol. The third kappa shape index (κ3) is 7.27. The molecule has 0 fully saturated rings. The van der Waals surface area contributed by atoms with E-state index in [1.165, 1.54) is 17.5 Å². The van der Waals surface area contributed by atoms with Crippen LogP contribution < -0.4 is 14.9 Å². The van der Waals surface area contributed by atoms with Crippen LogP contribution >= 0.6 is 22.9 Å². The van der Waals surface area contributed by atoms with Crippen LogP contribution in [0.4, 0.5) is 0 Å². The van der Waals surface area contributed by atoms with Crippen molar-refractivity contribution in [2.75, 3.05) is 7.11 Å². The van der Waals surface area contributed by atoms with Gasteiger partial charge in [-0.1, -0.05) is 71.2 Å². The molecule has 0 unspecified atom stereocenters. The van der Waals surface area contributed by atoms with Crippen LogP contribution in [0.3, 0.4) is 0 Å². The first-order valence-electron chi connectivity index (χ1n) is 12.4. The van der Waals surface area contributed by atoms with Gasteiger partial charge in [0.2, 0.25) is 0 Å². The maximum atomic E-state index is 13.8. The zero-order valence-corrected chi connectivity index (χ0v) is 25.0. The Morgan fingerprint density at radius 1 is 1.24 bits per heavy atom. The van der Waals surface area contributed by atoms with E-state index < -0.39 is 0 Å². The summed E-state index contributed by atoms with van der Waals surface area (Å²) < 4.78 is 9.88. The Morgan fingerprint density at radius 2 is 1.92 bits per heavy atom. The predicted octanol–water partition coefficient (Wildman–Crippen LogP) is 7.40. The molecule has 0 radical (unpaired) electrons. The Labute approximate surface area is 235 Å². The number of ether oxygens (including phenoxy) is 1. The van der Waals surface area contributed by atoms with E-state index >= 15 is 0 Å². The number of allylic oxidation sites excluding steroid dienone is 6.